The Hall–Kier alpha value is -5.86. The Morgan fingerprint density at radius 1 is 0.318 bits per heavy atom. The van der Waals surface area contributed by atoms with E-state index in [-0.39, 0.29) is 0 Å². The van der Waals surface area contributed by atoms with Crippen molar-refractivity contribution in [2.75, 3.05) is 5.32 Å². The molecule has 0 aliphatic carbocycles. The van der Waals surface area contributed by atoms with Crippen LogP contribution in [0.25, 0.3) is 60.9 Å². The van der Waals surface area contributed by atoms with Gasteiger partial charge in [0.1, 0.15) is 0 Å². The lowest BCUT2D eigenvalue weighted by atomic mass is 9.99. The molecule has 44 heavy (non-hydrogen) atoms. The molecule has 0 aliphatic rings. The number of anilines is 2. The Morgan fingerprint density at radius 3 is 1.32 bits per heavy atom. The van der Waals surface area contributed by atoms with Gasteiger partial charge in [-0.3, -0.25) is 0 Å². The van der Waals surface area contributed by atoms with Crippen LogP contribution in [-0.2, 0) is 0 Å². The molecule has 0 unspecified atom stereocenters. The molecule has 0 atom stereocenters. The molecule has 0 saturated heterocycles. The Morgan fingerprint density at radius 2 is 0.727 bits per heavy atom. The summed E-state index contributed by atoms with van der Waals surface area (Å²) in [6.07, 6.45) is 0. The molecule has 0 amide bonds. The predicted octanol–water partition coefficient (Wildman–Crippen LogP) is 11.5. The maximum absolute atomic E-state index is 3.65. The summed E-state index contributed by atoms with van der Waals surface area (Å²) in [6.45, 7) is 0. The van der Waals surface area contributed by atoms with E-state index >= 15 is 0 Å². The van der Waals surface area contributed by atoms with Crippen molar-refractivity contribution >= 4 is 33.2 Å². The SMILES string of the molecule is c1ccc(-c2ccc(Nc3ccc4c(c3)c3cc(-c5ccc(-c6ccccc6)cc5)ccc3n4-c3ccccc3)cc2)cc1. The summed E-state index contributed by atoms with van der Waals surface area (Å²) in [5.41, 5.74) is 13.0. The molecule has 208 valence electrons. The summed E-state index contributed by atoms with van der Waals surface area (Å²) >= 11 is 0. The number of rotatable bonds is 6. The van der Waals surface area contributed by atoms with Crippen molar-refractivity contribution in [3.8, 4) is 39.1 Å². The quantitative estimate of drug-likeness (QED) is 0.213. The first-order chi connectivity index (χ1) is 21.8. The van der Waals surface area contributed by atoms with Gasteiger partial charge in [0.05, 0.1) is 11.0 Å². The van der Waals surface area contributed by atoms with Crippen molar-refractivity contribution in [3.05, 3.63) is 176 Å². The van der Waals surface area contributed by atoms with E-state index < -0.39 is 0 Å². The molecule has 0 fully saturated rings. The highest BCUT2D eigenvalue weighted by molar-refractivity contribution is 6.11. The summed E-state index contributed by atoms with van der Waals surface area (Å²) in [5.74, 6) is 0. The van der Waals surface area contributed by atoms with Gasteiger partial charge in [-0.25, -0.2) is 0 Å². The third-order valence-electron chi connectivity index (χ3n) is 8.39. The van der Waals surface area contributed by atoms with Crippen LogP contribution in [0.2, 0.25) is 0 Å². The van der Waals surface area contributed by atoms with Crippen LogP contribution in [0.5, 0.6) is 0 Å². The first-order valence-electron chi connectivity index (χ1n) is 15.0. The van der Waals surface area contributed by atoms with Gasteiger partial charge in [-0.15, -0.1) is 0 Å². The topological polar surface area (TPSA) is 17.0 Å². The fraction of sp³-hybridized carbons (Fsp3) is 0. The molecule has 1 heterocycles. The number of aromatic nitrogens is 1. The van der Waals surface area contributed by atoms with Gasteiger partial charge in [0.2, 0.25) is 0 Å². The maximum Gasteiger partial charge on any atom is 0.0542 e. The standard InChI is InChI=1S/C42H30N2/c1-4-10-30(11-5-1)32-16-18-34(19-17-32)35-22-26-41-39(28-35)40-29-37(25-27-42(40)44(41)38-14-8-3-9-15-38)43-36-23-20-33(21-24-36)31-12-6-2-7-13-31/h1-29,43H. The largest absolute Gasteiger partial charge is 0.356 e. The normalized spacial score (nSPS) is 11.2. The number of hydrogen-bond acceptors (Lipinski definition) is 1. The molecule has 1 aromatic heterocycles. The van der Waals surface area contributed by atoms with Crippen LogP contribution in [0.1, 0.15) is 0 Å². The minimum atomic E-state index is 1.06. The number of nitrogens with one attached hydrogen (secondary N) is 1. The number of fused-ring (bicyclic) bond motifs is 3. The molecule has 0 saturated carbocycles. The van der Waals surface area contributed by atoms with Crippen LogP contribution in [0.4, 0.5) is 11.4 Å². The van der Waals surface area contributed by atoms with Crippen molar-refractivity contribution in [2.24, 2.45) is 0 Å². The average Bonchev–Trinajstić information content (AvgIpc) is 3.43. The van der Waals surface area contributed by atoms with E-state index in [1.807, 2.05) is 0 Å². The van der Waals surface area contributed by atoms with Crippen LogP contribution in [-0.4, -0.2) is 4.57 Å². The van der Waals surface area contributed by atoms with E-state index in [0.29, 0.717) is 0 Å². The highest BCUT2D eigenvalue weighted by atomic mass is 15.0. The molecular formula is C42H30N2. The number of nitrogens with zero attached hydrogens (tertiary/aromatic N) is 1. The Balaban J connectivity index is 1.20. The van der Waals surface area contributed by atoms with Gasteiger partial charge in [-0.05, 0) is 88.0 Å². The van der Waals surface area contributed by atoms with E-state index in [1.54, 1.807) is 0 Å². The van der Waals surface area contributed by atoms with Crippen molar-refractivity contribution in [3.63, 3.8) is 0 Å². The molecule has 2 heteroatoms. The molecule has 0 radical (unpaired) electrons. The van der Waals surface area contributed by atoms with Gasteiger partial charge in [-0.1, -0.05) is 121 Å². The number of hydrogen-bond donors (Lipinski definition) is 1. The Bertz CT molecular complexity index is 2200. The highest BCUT2D eigenvalue weighted by Crippen LogP contribution is 2.37. The molecule has 8 rings (SSSR count). The smallest absolute Gasteiger partial charge is 0.0542 e. The molecule has 0 spiro atoms. The zero-order valence-electron chi connectivity index (χ0n) is 24.2. The summed E-state index contributed by atoms with van der Waals surface area (Å²) in [5, 5.41) is 6.10. The highest BCUT2D eigenvalue weighted by Gasteiger charge is 2.14. The lowest BCUT2D eigenvalue weighted by Gasteiger charge is -2.10. The van der Waals surface area contributed by atoms with Gasteiger partial charge in [0.25, 0.3) is 0 Å². The number of para-hydroxylation sites is 1. The van der Waals surface area contributed by atoms with E-state index in [0.717, 1.165) is 17.1 Å². The van der Waals surface area contributed by atoms with Gasteiger partial charge in [0.15, 0.2) is 0 Å². The average molecular weight is 563 g/mol. The molecule has 8 aromatic rings. The molecule has 0 aliphatic heterocycles. The molecule has 0 bridgehead atoms. The van der Waals surface area contributed by atoms with Gasteiger partial charge in [0, 0.05) is 27.8 Å². The van der Waals surface area contributed by atoms with Gasteiger partial charge >= 0.3 is 0 Å². The van der Waals surface area contributed by atoms with Crippen molar-refractivity contribution < 1.29 is 0 Å². The van der Waals surface area contributed by atoms with E-state index in [9.17, 15) is 0 Å². The van der Waals surface area contributed by atoms with Crippen molar-refractivity contribution in [1.29, 1.82) is 0 Å². The zero-order valence-corrected chi connectivity index (χ0v) is 24.2. The second-order valence-corrected chi connectivity index (χ2v) is 11.1. The van der Waals surface area contributed by atoms with Crippen LogP contribution in [0.15, 0.2) is 176 Å². The zero-order chi connectivity index (χ0) is 29.3. The first-order valence-corrected chi connectivity index (χ1v) is 15.0. The lowest BCUT2D eigenvalue weighted by Crippen LogP contribution is -1.94. The van der Waals surface area contributed by atoms with Gasteiger partial charge < -0.3 is 9.88 Å². The van der Waals surface area contributed by atoms with Crippen molar-refractivity contribution in [2.45, 2.75) is 0 Å². The van der Waals surface area contributed by atoms with E-state index in [1.165, 1.54) is 55.2 Å². The lowest BCUT2D eigenvalue weighted by molar-refractivity contribution is 1.18. The maximum atomic E-state index is 3.65. The van der Waals surface area contributed by atoms with Crippen LogP contribution in [0.3, 0.4) is 0 Å². The van der Waals surface area contributed by atoms with Crippen LogP contribution >= 0.6 is 0 Å². The fourth-order valence-electron chi connectivity index (χ4n) is 6.16. The minimum Gasteiger partial charge on any atom is -0.356 e. The monoisotopic (exact) mass is 562 g/mol. The summed E-state index contributed by atoms with van der Waals surface area (Å²) in [4.78, 5) is 0. The summed E-state index contributed by atoms with van der Waals surface area (Å²) in [7, 11) is 0. The van der Waals surface area contributed by atoms with E-state index in [4.69, 9.17) is 0 Å². The molecule has 2 nitrogen and oxygen atoms in total. The Labute approximate surface area is 257 Å². The third-order valence-corrected chi connectivity index (χ3v) is 8.39. The molecular weight excluding hydrogens is 532 g/mol. The van der Waals surface area contributed by atoms with Crippen LogP contribution < -0.4 is 5.32 Å². The molecule has 1 N–H and O–H groups in total. The van der Waals surface area contributed by atoms with E-state index in [2.05, 4.69) is 186 Å². The summed E-state index contributed by atoms with van der Waals surface area (Å²) in [6, 6.07) is 62.7. The predicted molar refractivity (Wildman–Crippen MR) is 187 cm³/mol. The second kappa shape index (κ2) is 11.1. The second-order valence-electron chi connectivity index (χ2n) is 11.1. The molecule has 7 aromatic carbocycles. The minimum absolute atomic E-state index is 1.06. The third kappa shape index (κ3) is 4.83. The first kappa shape index (κ1) is 25.8. The Kier molecular flexibility index (Phi) is 6.51. The number of benzene rings is 7. The summed E-state index contributed by atoms with van der Waals surface area (Å²) < 4.78 is 2.37. The van der Waals surface area contributed by atoms with Crippen molar-refractivity contribution in [1.82, 2.24) is 4.57 Å². The van der Waals surface area contributed by atoms with Crippen LogP contribution in [0, 0.1) is 0 Å². The van der Waals surface area contributed by atoms with Gasteiger partial charge in [-0.2, -0.15) is 0 Å². The fourth-order valence-corrected chi connectivity index (χ4v) is 6.16.